The Morgan fingerprint density at radius 2 is 1.88 bits per heavy atom. The molecule has 6 nitrogen and oxygen atoms in total. The minimum atomic E-state index is -0.214. The molecule has 1 aromatic heterocycles. The number of aryl methyl sites for hydroxylation is 1. The van der Waals surface area contributed by atoms with Crippen LogP contribution < -0.4 is 15.4 Å². The maximum absolute atomic E-state index is 11.9. The normalized spacial score (nSPS) is 10.3. The Hall–Kier alpha value is -3.28. The van der Waals surface area contributed by atoms with Crippen LogP contribution in [0.1, 0.15) is 12.0 Å². The van der Waals surface area contributed by atoms with Crippen molar-refractivity contribution in [2.75, 3.05) is 11.9 Å². The van der Waals surface area contributed by atoms with E-state index in [1.54, 1.807) is 12.5 Å². The number of hydrogen-bond donors (Lipinski definition) is 2. The average molecular weight is 350 g/mol. The van der Waals surface area contributed by atoms with E-state index in [4.69, 9.17) is 4.74 Å². The molecule has 3 aromatic rings. The Bertz CT molecular complexity index is 786. The fourth-order valence-corrected chi connectivity index (χ4v) is 2.43. The predicted octanol–water partition coefficient (Wildman–Crippen LogP) is 3.67. The van der Waals surface area contributed by atoms with Crippen molar-refractivity contribution in [3.05, 3.63) is 78.9 Å². The van der Waals surface area contributed by atoms with Gasteiger partial charge in [-0.2, -0.15) is 0 Å². The van der Waals surface area contributed by atoms with Crippen LogP contribution in [0.4, 0.5) is 10.5 Å². The summed E-state index contributed by atoms with van der Waals surface area (Å²) in [5, 5.41) is 5.65. The number of benzene rings is 2. The fourth-order valence-electron chi connectivity index (χ4n) is 2.43. The van der Waals surface area contributed by atoms with E-state index in [9.17, 15) is 4.79 Å². The molecule has 26 heavy (non-hydrogen) atoms. The number of anilines is 1. The Morgan fingerprint density at radius 1 is 1.08 bits per heavy atom. The van der Waals surface area contributed by atoms with E-state index in [0.717, 1.165) is 30.0 Å². The molecule has 2 amide bonds. The summed E-state index contributed by atoms with van der Waals surface area (Å²) in [4.78, 5) is 15.9. The highest BCUT2D eigenvalue weighted by Crippen LogP contribution is 2.17. The molecule has 0 spiro atoms. The second-order valence-corrected chi connectivity index (χ2v) is 5.83. The largest absolute Gasteiger partial charge is 0.489 e. The molecule has 0 bridgehead atoms. The zero-order valence-corrected chi connectivity index (χ0v) is 14.5. The maximum Gasteiger partial charge on any atom is 0.319 e. The molecular weight excluding hydrogens is 328 g/mol. The first-order chi connectivity index (χ1) is 12.8. The van der Waals surface area contributed by atoms with E-state index in [-0.39, 0.29) is 6.03 Å². The summed E-state index contributed by atoms with van der Waals surface area (Å²) in [5.41, 5.74) is 1.84. The van der Waals surface area contributed by atoms with Gasteiger partial charge < -0.3 is 19.9 Å². The fraction of sp³-hybridized carbons (Fsp3) is 0.200. The van der Waals surface area contributed by atoms with Gasteiger partial charge in [0.1, 0.15) is 12.4 Å². The van der Waals surface area contributed by atoms with Crippen LogP contribution in [-0.2, 0) is 13.2 Å². The van der Waals surface area contributed by atoms with Gasteiger partial charge in [-0.3, -0.25) is 0 Å². The number of carbonyl (C=O) groups is 1. The van der Waals surface area contributed by atoms with Crippen molar-refractivity contribution < 1.29 is 9.53 Å². The third kappa shape index (κ3) is 5.66. The van der Waals surface area contributed by atoms with Crippen LogP contribution in [0.5, 0.6) is 5.75 Å². The summed E-state index contributed by atoms with van der Waals surface area (Å²) in [6.07, 6.45) is 6.26. The Balaban J connectivity index is 1.37. The van der Waals surface area contributed by atoms with Crippen molar-refractivity contribution in [2.24, 2.45) is 0 Å². The van der Waals surface area contributed by atoms with E-state index in [1.165, 1.54) is 0 Å². The Labute approximate surface area is 152 Å². The van der Waals surface area contributed by atoms with E-state index in [2.05, 4.69) is 15.6 Å². The SMILES string of the molecule is O=C(NCCCn1ccnc1)Nc1ccc(OCc2ccccc2)cc1. The molecule has 0 aliphatic rings. The molecule has 6 heteroatoms. The van der Waals surface area contributed by atoms with Gasteiger partial charge in [-0.15, -0.1) is 0 Å². The lowest BCUT2D eigenvalue weighted by Crippen LogP contribution is -2.29. The molecule has 0 saturated heterocycles. The standard InChI is InChI=1S/C20H22N4O2/c25-20(22-11-4-13-24-14-12-21-16-24)23-18-7-9-19(10-8-18)26-15-17-5-2-1-3-6-17/h1-3,5-10,12,14,16H,4,11,13,15H2,(H2,22,23,25). The van der Waals surface area contributed by atoms with Crippen LogP contribution in [0.15, 0.2) is 73.3 Å². The topological polar surface area (TPSA) is 68.2 Å². The van der Waals surface area contributed by atoms with E-state index >= 15 is 0 Å². The number of nitrogens with zero attached hydrogens (tertiary/aromatic N) is 2. The minimum absolute atomic E-state index is 0.214. The molecule has 1 heterocycles. The third-order valence-electron chi connectivity index (χ3n) is 3.80. The van der Waals surface area contributed by atoms with Crippen LogP contribution in [0.25, 0.3) is 0 Å². The van der Waals surface area contributed by atoms with Gasteiger partial charge in [-0.25, -0.2) is 9.78 Å². The van der Waals surface area contributed by atoms with Crippen molar-refractivity contribution in [2.45, 2.75) is 19.6 Å². The van der Waals surface area contributed by atoms with Crippen molar-refractivity contribution in [1.29, 1.82) is 0 Å². The number of hydrogen-bond acceptors (Lipinski definition) is 3. The summed E-state index contributed by atoms with van der Waals surface area (Å²) >= 11 is 0. The summed E-state index contributed by atoms with van der Waals surface area (Å²) < 4.78 is 7.71. The number of imidazole rings is 1. The van der Waals surface area contributed by atoms with Gasteiger partial charge in [0.05, 0.1) is 6.33 Å². The number of carbonyl (C=O) groups excluding carboxylic acids is 1. The lowest BCUT2D eigenvalue weighted by molar-refractivity contribution is 0.252. The second-order valence-electron chi connectivity index (χ2n) is 5.83. The number of aromatic nitrogens is 2. The summed E-state index contributed by atoms with van der Waals surface area (Å²) in [5.74, 6) is 0.764. The molecule has 0 fully saturated rings. The number of amides is 2. The minimum Gasteiger partial charge on any atom is -0.489 e. The highest BCUT2D eigenvalue weighted by Gasteiger charge is 2.02. The first-order valence-electron chi connectivity index (χ1n) is 8.57. The monoisotopic (exact) mass is 350 g/mol. The van der Waals surface area contributed by atoms with Gasteiger partial charge in [0.15, 0.2) is 0 Å². The summed E-state index contributed by atoms with van der Waals surface area (Å²) in [7, 11) is 0. The molecular formula is C20H22N4O2. The highest BCUT2D eigenvalue weighted by molar-refractivity contribution is 5.89. The molecule has 0 radical (unpaired) electrons. The van der Waals surface area contributed by atoms with Crippen LogP contribution in [0.2, 0.25) is 0 Å². The van der Waals surface area contributed by atoms with Gasteiger partial charge in [0.2, 0.25) is 0 Å². The summed E-state index contributed by atoms with van der Waals surface area (Å²) in [6.45, 7) is 1.95. The smallest absolute Gasteiger partial charge is 0.319 e. The van der Waals surface area contributed by atoms with Crippen LogP contribution in [0.3, 0.4) is 0 Å². The molecule has 0 unspecified atom stereocenters. The highest BCUT2D eigenvalue weighted by atomic mass is 16.5. The van der Waals surface area contributed by atoms with Crippen molar-refractivity contribution in [1.82, 2.24) is 14.9 Å². The molecule has 2 aromatic carbocycles. The van der Waals surface area contributed by atoms with Gasteiger partial charge in [0.25, 0.3) is 0 Å². The molecule has 0 atom stereocenters. The number of urea groups is 1. The Kier molecular flexibility index (Phi) is 6.25. The predicted molar refractivity (Wildman–Crippen MR) is 101 cm³/mol. The summed E-state index contributed by atoms with van der Waals surface area (Å²) in [6, 6.07) is 17.1. The molecule has 2 N–H and O–H groups in total. The first kappa shape index (κ1) is 17.5. The lowest BCUT2D eigenvalue weighted by Gasteiger charge is -2.09. The second kappa shape index (κ2) is 9.27. The van der Waals surface area contributed by atoms with Crippen molar-refractivity contribution >= 4 is 11.7 Å². The van der Waals surface area contributed by atoms with Gasteiger partial charge in [0, 0.05) is 31.2 Å². The first-order valence-corrected chi connectivity index (χ1v) is 8.57. The van der Waals surface area contributed by atoms with Crippen molar-refractivity contribution in [3.8, 4) is 5.75 Å². The van der Waals surface area contributed by atoms with E-state index < -0.39 is 0 Å². The zero-order chi connectivity index (χ0) is 18.0. The van der Waals surface area contributed by atoms with Crippen LogP contribution in [0, 0.1) is 0 Å². The third-order valence-corrected chi connectivity index (χ3v) is 3.80. The molecule has 0 aliphatic carbocycles. The van der Waals surface area contributed by atoms with E-state index in [1.807, 2.05) is 65.4 Å². The maximum atomic E-state index is 11.9. The average Bonchev–Trinajstić information content (AvgIpc) is 3.19. The molecule has 3 rings (SSSR count). The molecule has 0 aliphatic heterocycles. The van der Waals surface area contributed by atoms with Gasteiger partial charge >= 0.3 is 6.03 Å². The lowest BCUT2D eigenvalue weighted by atomic mass is 10.2. The number of nitrogens with one attached hydrogen (secondary N) is 2. The van der Waals surface area contributed by atoms with Gasteiger partial charge in [-0.1, -0.05) is 30.3 Å². The molecule has 0 saturated carbocycles. The number of ether oxygens (including phenoxy) is 1. The Morgan fingerprint density at radius 3 is 2.62 bits per heavy atom. The van der Waals surface area contributed by atoms with Crippen molar-refractivity contribution in [3.63, 3.8) is 0 Å². The molecule has 134 valence electrons. The van der Waals surface area contributed by atoms with E-state index in [0.29, 0.717) is 13.2 Å². The number of rotatable bonds is 8. The van der Waals surface area contributed by atoms with Gasteiger partial charge in [-0.05, 0) is 36.2 Å². The van der Waals surface area contributed by atoms with Crippen LogP contribution in [-0.4, -0.2) is 22.1 Å². The zero-order valence-electron chi connectivity index (χ0n) is 14.5. The quantitative estimate of drug-likeness (QED) is 0.609. The van der Waals surface area contributed by atoms with Crippen LogP contribution >= 0.6 is 0 Å².